The van der Waals surface area contributed by atoms with Crippen LogP contribution < -0.4 is 14.8 Å². The van der Waals surface area contributed by atoms with Crippen LogP contribution in [0.15, 0.2) is 94.9 Å². The number of amides is 1. The molecule has 4 heterocycles. The largest absolute Gasteiger partial charge is 0.497 e. The zero-order valence-corrected chi connectivity index (χ0v) is 41.0. The minimum absolute atomic E-state index is 0.0480. The predicted octanol–water partition coefficient (Wildman–Crippen LogP) is 7.59. The average Bonchev–Trinajstić information content (AvgIpc) is 3.87. The number of aromatic nitrogens is 6. The number of carbonyl (C=O) groups is 2. The number of Topliss-reactive ketones (excluding diaryl/α,β-unsaturated/α-hetero) is 1. The van der Waals surface area contributed by atoms with Crippen molar-refractivity contribution >= 4 is 46.3 Å². The normalized spacial score (nSPS) is 14.8. The van der Waals surface area contributed by atoms with Crippen molar-refractivity contribution in [1.29, 1.82) is 0 Å². The molecule has 8 rings (SSSR count). The number of halogens is 2. The number of hydrogen-bond acceptors (Lipinski definition) is 14. The van der Waals surface area contributed by atoms with Crippen LogP contribution in [-0.4, -0.2) is 126 Å². The number of ketones is 1. The summed E-state index contributed by atoms with van der Waals surface area (Å²) < 4.78 is 37.8. The molecule has 2 atom stereocenters. The summed E-state index contributed by atoms with van der Waals surface area (Å²) in [6, 6.07) is 25.3. The SMILES string of the molecule is COc1ccc2c(c1)C(c1ccc(Cl)cc1)=N[C@@H](CC(=O)CCCOCCOCCOCCOCCNC(=O)C[C@@H]1N=C(c3ccc(Cl)cc3)c3cc(OC)ccc3-n3c(C)nnc31)c1nnc(C)n1-2. The van der Waals surface area contributed by atoms with Gasteiger partial charge in [0.1, 0.15) is 41.0 Å². The Hall–Kier alpha value is -6.34. The third-order valence-electron chi connectivity index (χ3n) is 11.7. The molecule has 0 fully saturated rings. The Morgan fingerprint density at radius 2 is 1.01 bits per heavy atom. The fraction of sp³-hybridized carbons (Fsp3) is 0.373. The molecule has 2 aromatic heterocycles. The summed E-state index contributed by atoms with van der Waals surface area (Å²) >= 11 is 12.5. The Labute approximate surface area is 416 Å². The van der Waals surface area contributed by atoms with Crippen molar-refractivity contribution in [1.82, 2.24) is 34.8 Å². The molecule has 0 saturated carbocycles. The minimum Gasteiger partial charge on any atom is -0.497 e. The van der Waals surface area contributed by atoms with Crippen molar-refractivity contribution < 1.29 is 38.0 Å². The van der Waals surface area contributed by atoms with Gasteiger partial charge in [-0.2, -0.15) is 0 Å². The van der Waals surface area contributed by atoms with E-state index in [9.17, 15) is 9.59 Å². The molecule has 1 amide bonds. The number of methoxy groups -OCH3 is 2. The van der Waals surface area contributed by atoms with Crippen molar-refractivity contribution in [3.63, 3.8) is 0 Å². The molecule has 0 unspecified atom stereocenters. The Bertz CT molecular complexity index is 2640. The first-order valence-corrected chi connectivity index (χ1v) is 23.9. The van der Waals surface area contributed by atoms with Gasteiger partial charge in [0.05, 0.1) is 89.7 Å². The molecule has 4 aromatic carbocycles. The maximum atomic E-state index is 13.4. The molecule has 0 aliphatic carbocycles. The van der Waals surface area contributed by atoms with Crippen molar-refractivity contribution in [2.75, 3.05) is 73.6 Å². The van der Waals surface area contributed by atoms with E-state index in [2.05, 4.69) is 25.7 Å². The summed E-state index contributed by atoms with van der Waals surface area (Å²) in [6.07, 6.45) is 1.11. The van der Waals surface area contributed by atoms with Crippen molar-refractivity contribution in [2.24, 2.45) is 9.98 Å². The van der Waals surface area contributed by atoms with Gasteiger partial charge in [0.25, 0.3) is 0 Å². The molecule has 0 saturated heterocycles. The Morgan fingerprint density at radius 3 is 1.49 bits per heavy atom. The molecule has 70 heavy (non-hydrogen) atoms. The van der Waals surface area contributed by atoms with Crippen LogP contribution >= 0.6 is 23.2 Å². The molecule has 1 N–H and O–H groups in total. The van der Waals surface area contributed by atoms with E-state index in [1.54, 1.807) is 14.2 Å². The van der Waals surface area contributed by atoms with E-state index in [4.69, 9.17) is 61.6 Å². The maximum absolute atomic E-state index is 13.4. The number of nitrogens with zero attached hydrogens (tertiary/aromatic N) is 8. The van der Waals surface area contributed by atoms with Gasteiger partial charge in [-0.3, -0.25) is 28.7 Å². The van der Waals surface area contributed by atoms with Crippen LogP contribution in [0.4, 0.5) is 0 Å². The lowest BCUT2D eigenvalue weighted by Gasteiger charge is -2.14. The highest BCUT2D eigenvalue weighted by Crippen LogP contribution is 2.36. The van der Waals surface area contributed by atoms with Crippen LogP contribution in [0, 0.1) is 13.8 Å². The second-order valence-electron chi connectivity index (χ2n) is 16.5. The molecule has 366 valence electrons. The number of benzene rings is 4. The van der Waals surface area contributed by atoms with Gasteiger partial charge in [-0.15, -0.1) is 20.4 Å². The van der Waals surface area contributed by atoms with Gasteiger partial charge in [0.15, 0.2) is 11.6 Å². The minimum atomic E-state index is -0.611. The third kappa shape index (κ3) is 12.1. The van der Waals surface area contributed by atoms with Crippen molar-refractivity contribution in [3.8, 4) is 22.9 Å². The number of fused-ring (bicyclic) bond motifs is 6. The smallest absolute Gasteiger partial charge is 0.222 e. The third-order valence-corrected chi connectivity index (χ3v) is 12.2. The van der Waals surface area contributed by atoms with Gasteiger partial charge in [0, 0.05) is 58.3 Å². The van der Waals surface area contributed by atoms with Crippen LogP contribution in [-0.2, 0) is 28.5 Å². The number of nitrogens with one attached hydrogen (secondary N) is 1. The number of carbonyl (C=O) groups excluding carboxylic acids is 2. The van der Waals surface area contributed by atoms with Gasteiger partial charge in [-0.1, -0.05) is 47.5 Å². The predicted molar refractivity (Wildman–Crippen MR) is 265 cm³/mol. The van der Waals surface area contributed by atoms with Crippen molar-refractivity contribution in [3.05, 3.63) is 141 Å². The number of rotatable bonds is 24. The van der Waals surface area contributed by atoms with Crippen molar-refractivity contribution in [2.45, 2.75) is 51.6 Å². The average molecular weight is 993 g/mol. The van der Waals surface area contributed by atoms with E-state index in [-0.39, 0.29) is 24.5 Å². The zero-order chi connectivity index (χ0) is 49.0. The number of aliphatic imine (C=N–C) groups is 2. The topological polar surface area (TPSA) is 188 Å². The lowest BCUT2D eigenvalue weighted by atomic mass is 9.99. The van der Waals surface area contributed by atoms with E-state index in [0.29, 0.717) is 123 Å². The second-order valence-corrected chi connectivity index (χ2v) is 17.4. The maximum Gasteiger partial charge on any atom is 0.222 e. The first-order chi connectivity index (χ1) is 34.1. The van der Waals surface area contributed by atoms with Crippen LogP contribution in [0.2, 0.25) is 10.0 Å². The van der Waals surface area contributed by atoms with Crippen LogP contribution in [0.5, 0.6) is 11.5 Å². The van der Waals surface area contributed by atoms with Gasteiger partial charge >= 0.3 is 0 Å². The molecule has 6 aromatic rings. The van der Waals surface area contributed by atoms with Crippen LogP contribution in [0.25, 0.3) is 11.4 Å². The summed E-state index contributed by atoms with van der Waals surface area (Å²) in [4.78, 5) is 36.9. The first-order valence-electron chi connectivity index (χ1n) is 23.1. The molecule has 17 nitrogen and oxygen atoms in total. The van der Waals surface area contributed by atoms with E-state index in [0.717, 1.165) is 39.3 Å². The molecule has 19 heteroatoms. The molecular weight excluding hydrogens is 938 g/mol. The highest BCUT2D eigenvalue weighted by Gasteiger charge is 2.32. The van der Waals surface area contributed by atoms with Crippen LogP contribution in [0.3, 0.4) is 0 Å². The Balaban J connectivity index is 0.703. The number of hydrogen-bond donors (Lipinski definition) is 1. The summed E-state index contributed by atoms with van der Waals surface area (Å²) in [7, 11) is 3.24. The zero-order valence-electron chi connectivity index (χ0n) is 39.5. The van der Waals surface area contributed by atoms with Gasteiger partial charge in [-0.05, 0) is 80.9 Å². The Kier molecular flexibility index (Phi) is 17.2. The molecule has 2 aliphatic rings. The first kappa shape index (κ1) is 50.1. The lowest BCUT2D eigenvalue weighted by Crippen LogP contribution is -2.29. The quantitative estimate of drug-likeness (QED) is 0.0587. The van der Waals surface area contributed by atoms with Crippen LogP contribution in [0.1, 0.15) is 83.3 Å². The van der Waals surface area contributed by atoms with E-state index < -0.39 is 12.1 Å². The van der Waals surface area contributed by atoms with E-state index >= 15 is 0 Å². The second kappa shape index (κ2) is 24.0. The van der Waals surface area contributed by atoms with Gasteiger partial charge in [0.2, 0.25) is 5.91 Å². The standard InChI is InChI=1S/C51H55Cl2N9O8/c1-32-57-59-50-43(55-48(34-7-11-36(52)12-8-34)41-29-39(65-3)15-17-45(41)61(32)50)28-38(63)6-5-20-67-22-24-69-26-27-70-25-23-68-21-19-54-47(64)31-44-51-60-58-33(2)62(51)46-18-16-40(66-4)30-42(46)49(56-44)35-9-13-37(53)14-10-35/h7-18,29-30,43-44H,5-6,19-28,31H2,1-4H3,(H,54,64)/t43-,44-/m0/s1. The summed E-state index contributed by atoms with van der Waals surface area (Å²) in [5.74, 6) is 3.75. The lowest BCUT2D eigenvalue weighted by molar-refractivity contribution is -0.122. The van der Waals surface area contributed by atoms with Gasteiger partial charge < -0.3 is 33.7 Å². The highest BCUT2D eigenvalue weighted by atomic mass is 35.5. The van der Waals surface area contributed by atoms with E-state index in [1.165, 1.54) is 0 Å². The monoisotopic (exact) mass is 991 g/mol. The molecular formula is C51H55Cl2N9O8. The number of aryl methyl sites for hydroxylation is 2. The fourth-order valence-corrected chi connectivity index (χ4v) is 8.57. The molecule has 2 aliphatic heterocycles. The summed E-state index contributed by atoms with van der Waals surface area (Å²) in [5.41, 5.74) is 6.47. The highest BCUT2D eigenvalue weighted by molar-refractivity contribution is 6.31. The molecule has 0 bridgehead atoms. The van der Waals surface area contributed by atoms with Gasteiger partial charge in [-0.25, -0.2) is 0 Å². The Morgan fingerprint density at radius 1 is 0.571 bits per heavy atom. The fourth-order valence-electron chi connectivity index (χ4n) is 8.31. The summed E-state index contributed by atoms with van der Waals surface area (Å²) in [5, 5.41) is 21.8. The molecule has 0 spiro atoms. The van der Waals surface area contributed by atoms with E-state index in [1.807, 2.05) is 108 Å². The molecule has 0 radical (unpaired) electrons. The summed E-state index contributed by atoms with van der Waals surface area (Å²) in [6.45, 7) is 7.12. The number of ether oxygens (including phenoxy) is 6.